The van der Waals surface area contributed by atoms with Gasteiger partial charge in [0.05, 0.1) is 12.1 Å². The first-order chi connectivity index (χ1) is 14.6. The van der Waals surface area contributed by atoms with E-state index in [0.29, 0.717) is 24.6 Å². The van der Waals surface area contributed by atoms with E-state index in [0.717, 1.165) is 63.9 Å². The van der Waals surface area contributed by atoms with Gasteiger partial charge in [-0.3, -0.25) is 9.69 Å². The zero-order valence-electron chi connectivity index (χ0n) is 17.9. The molecule has 30 heavy (non-hydrogen) atoms. The molecular weight excluding hydrogens is 382 g/mol. The van der Waals surface area contributed by atoms with Gasteiger partial charge in [-0.25, -0.2) is 4.79 Å². The lowest BCUT2D eigenvalue weighted by Gasteiger charge is -2.37. The number of benzene rings is 1. The summed E-state index contributed by atoms with van der Waals surface area (Å²) in [5, 5.41) is 16.5. The van der Waals surface area contributed by atoms with E-state index in [4.69, 9.17) is 4.74 Å². The van der Waals surface area contributed by atoms with Crippen LogP contribution in [0.5, 0.6) is 0 Å². The molecule has 2 fully saturated rings. The minimum Gasteiger partial charge on any atom is -0.465 e. The van der Waals surface area contributed by atoms with E-state index in [1.165, 1.54) is 4.90 Å². The molecule has 0 bridgehead atoms. The predicted octanol–water partition coefficient (Wildman–Crippen LogP) is 3.04. The van der Waals surface area contributed by atoms with Crippen molar-refractivity contribution < 1.29 is 19.4 Å². The zero-order chi connectivity index (χ0) is 21.3. The highest BCUT2D eigenvalue weighted by Crippen LogP contribution is 2.21. The number of piperidine rings is 1. The van der Waals surface area contributed by atoms with Gasteiger partial charge in [-0.15, -0.1) is 0 Å². The first kappa shape index (κ1) is 22.7. The molecule has 1 aromatic carbocycles. The summed E-state index contributed by atoms with van der Waals surface area (Å²) in [4.78, 5) is 26.7. The lowest BCUT2D eigenvalue weighted by molar-refractivity contribution is 0.0631. The van der Waals surface area contributed by atoms with E-state index in [9.17, 15) is 14.7 Å². The fourth-order valence-electron chi connectivity index (χ4n) is 4.45. The van der Waals surface area contributed by atoms with Gasteiger partial charge in [-0.1, -0.05) is 37.6 Å². The molecule has 1 amide bonds. The lowest BCUT2D eigenvalue weighted by atomic mass is 9.95. The molecule has 166 valence electrons. The number of rotatable bonds is 10. The van der Waals surface area contributed by atoms with Gasteiger partial charge in [0, 0.05) is 37.8 Å². The highest BCUT2D eigenvalue weighted by atomic mass is 16.5. The van der Waals surface area contributed by atoms with E-state index >= 15 is 0 Å². The van der Waals surface area contributed by atoms with Crippen molar-refractivity contribution in [1.29, 1.82) is 0 Å². The molecule has 2 aliphatic heterocycles. The topological polar surface area (TPSA) is 90.9 Å². The molecule has 0 aromatic heterocycles. The Morgan fingerprint density at radius 2 is 2.07 bits per heavy atom. The second-order valence-electron chi connectivity index (χ2n) is 8.32. The predicted molar refractivity (Wildman–Crippen MR) is 116 cm³/mol. The van der Waals surface area contributed by atoms with Crippen molar-refractivity contribution in [3.8, 4) is 0 Å². The molecule has 0 radical (unpaired) electrons. The highest BCUT2D eigenvalue weighted by molar-refractivity contribution is 6.01. The number of ketones is 1. The summed E-state index contributed by atoms with van der Waals surface area (Å²) in [6.07, 6.45) is 4.54. The first-order valence-corrected chi connectivity index (χ1v) is 11.3. The van der Waals surface area contributed by atoms with Crippen molar-refractivity contribution in [3.63, 3.8) is 0 Å². The molecule has 3 atom stereocenters. The summed E-state index contributed by atoms with van der Waals surface area (Å²) in [5.74, 6) is -0.108. The molecule has 2 aliphatic rings. The summed E-state index contributed by atoms with van der Waals surface area (Å²) < 4.78 is 5.62. The number of carbonyl (C=O) groups is 2. The van der Waals surface area contributed by atoms with Crippen LogP contribution in [-0.4, -0.2) is 66.3 Å². The maximum atomic E-state index is 13.3. The van der Waals surface area contributed by atoms with Gasteiger partial charge >= 0.3 is 6.09 Å². The number of carbonyl (C=O) groups excluding carboxylic acids is 1. The van der Waals surface area contributed by atoms with E-state index in [2.05, 4.69) is 10.6 Å². The van der Waals surface area contributed by atoms with Crippen LogP contribution in [0.1, 0.15) is 61.4 Å². The van der Waals surface area contributed by atoms with Crippen LogP contribution in [0.3, 0.4) is 0 Å². The molecule has 3 rings (SSSR count). The summed E-state index contributed by atoms with van der Waals surface area (Å²) in [6.45, 7) is 5.91. The van der Waals surface area contributed by atoms with Crippen LogP contribution in [0.2, 0.25) is 0 Å². The van der Waals surface area contributed by atoms with E-state index in [1.54, 1.807) is 0 Å². The Morgan fingerprint density at radius 1 is 1.27 bits per heavy atom. The number of nitrogens with one attached hydrogen (secondary N) is 2. The number of hydrogen-bond donors (Lipinski definition) is 3. The Labute approximate surface area is 179 Å². The van der Waals surface area contributed by atoms with Crippen LogP contribution in [0.25, 0.3) is 0 Å². The molecule has 3 unspecified atom stereocenters. The smallest absolute Gasteiger partial charge is 0.408 e. The molecule has 1 aromatic rings. The SMILES string of the molecule is CCCC(C(=O)c1ccc(CNCC2CCCO2)cc1)N(C(=O)O)C1CCCNC1. The number of amides is 1. The van der Waals surface area contributed by atoms with Crippen LogP contribution in [0.15, 0.2) is 24.3 Å². The monoisotopic (exact) mass is 417 g/mol. The Hall–Kier alpha value is -1.96. The Balaban J connectivity index is 1.64. The number of ether oxygens (including phenoxy) is 1. The number of carboxylic acid groups (broad SMARTS) is 1. The minimum absolute atomic E-state index is 0.108. The van der Waals surface area contributed by atoms with Crippen LogP contribution in [0.4, 0.5) is 4.79 Å². The highest BCUT2D eigenvalue weighted by Gasteiger charge is 2.35. The van der Waals surface area contributed by atoms with Gasteiger partial charge in [-0.2, -0.15) is 0 Å². The van der Waals surface area contributed by atoms with Crippen molar-refractivity contribution in [2.45, 2.75) is 70.2 Å². The maximum absolute atomic E-state index is 13.3. The van der Waals surface area contributed by atoms with Crippen molar-refractivity contribution in [2.24, 2.45) is 0 Å². The summed E-state index contributed by atoms with van der Waals surface area (Å²) in [6, 6.07) is 6.76. The molecule has 0 saturated carbocycles. The number of Topliss-reactive ketones (excluding diaryl/α,β-unsaturated/α-hetero) is 1. The molecule has 3 N–H and O–H groups in total. The average molecular weight is 418 g/mol. The van der Waals surface area contributed by atoms with Crippen molar-refractivity contribution in [3.05, 3.63) is 35.4 Å². The fraction of sp³-hybridized carbons (Fsp3) is 0.652. The van der Waals surface area contributed by atoms with Gasteiger partial charge in [0.15, 0.2) is 5.78 Å². The summed E-state index contributed by atoms with van der Waals surface area (Å²) in [7, 11) is 0. The largest absolute Gasteiger partial charge is 0.465 e. The van der Waals surface area contributed by atoms with Crippen LogP contribution in [-0.2, 0) is 11.3 Å². The van der Waals surface area contributed by atoms with Crippen LogP contribution < -0.4 is 10.6 Å². The molecule has 7 heteroatoms. The van der Waals surface area contributed by atoms with Crippen molar-refractivity contribution in [2.75, 3.05) is 26.2 Å². The molecule has 2 heterocycles. The number of hydrogen-bond acceptors (Lipinski definition) is 5. The summed E-state index contributed by atoms with van der Waals surface area (Å²) in [5.41, 5.74) is 1.68. The molecular formula is C23H35N3O4. The fourth-order valence-corrected chi connectivity index (χ4v) is 4.45. The molecule has 0 aliphatic carbocycles. The van der Waals surface area contributed by atoms with Crippen LogP contribution >= 0.6 is 0 Å². The standard InChI is InChI=1S/C23H35N3O4/c1-2-5-21(26(23(28)29)19-6-3-12-24-15-19)22(27)18-10-8-17(9-11-18)14-25-16-20-7-4-13-30-20/h8-11,19-21,24-25H,2-7,12-16H2,1H3,(H,28,29). The summed E-state index contributed by atoms with van der Waals surface area (Å²) >= 11 is 0. The lowest BCUT2D eigenvalue weighted by Crippen LogP contribution is -2.55. The maximum Gasteiger partial charge on any atom is 0.408 e. The van der Waals surface area contributed by atoms with E-state index in [-0.39, 0.29) is 11.8 Å². The quantitative estimate of drug-likeness (QED) is 0.507. The van der Waals surface area contributed by atoms with Gasteiger partial charge in [0.25, 0.3) is 0 Å². The van der Waals surface area contributed by atoms with E-state index < -0.39 is 12.1 Å². The number of nitrogens with zero attached hydrogens (tertiary/aromatic N) is 1. The van der Waals surface area contributed by atoms with Crippen molar-refractivity contribution >= 4 is 11.9 Å². The third-order valence-corrected chi connectivity index (χ3v) is 6.05. The van der Waals surface area contributed by atoms with Gasteiger partial charge < -0.3 is 20.5 Å². The molecule has 0 spiro atoms. The zero-order valence-corrected chi connectivity index (χ0v) is 17.9. The third kappa shape index (κ3) is 6.03. The van der Waals surface area contributed by atoms with Gasteiger partial charge in [0.1, 0.15) is 0 Å². The third-order valence-electron chi connectivity index (χ3n) is 6.05. The normalized spacial score (nSPS) is 22.6. The first-order valence-electron chi connectivity index (χ1n) is 11.3. The Kier molecular flexibility index (Phi) is 8.66. The van der Waals surface area contributed by atoms with Gasteiger partial charge in [-0.05, 0) is 44.2 Å². The Morgan fingerprint density at radius 3 is 2.67 bits per heavy atom. The van der Waals surface area contributed by atoms with Crippen molar-refractivity contribution in [1.82, 2.24) is 15.5 Å². The average Bonchev–Trinajstić information content (AvgIpc) is 3.27. The molecule has 2 saturated heterocycles. The second kappa shape index (κ2) is 11.4. The second-order valence-corrected chi connectivity index (χ2v) is 8.32. The minimum atomic E-state index is -1.01. The Bertz CT molecular complexity index is 682. The van der Waals surface area contributed by atoms with E-state index in [1.807, 2.05) is 31.2 Å². The van der Waals surface area contributed by atoms with Gasteiger partial charge in [0.2, 0.25) is 0 Å². The molecule has 7 nitrogen and oxygen atoms in total. The van der Waals surface area contributed by atoms with Crippen LogP contribution in [0, 0.1) is 0 Å².